The SMILES string of the molecule is Oc1cc2cccnc2cc1N1CCC(Nc2ccc(Cl)c(Cl)c2)CC1. The summed E-state index contributed by atoms with van der Waals surface area (Å²) >= 11 is 12.1. The molecule has 0 unspecified atom stereocenters. The third-order valence-corrected chi connectivity index (χ3v) is 5.56. The lowest BCUT2D eigenvalue weighted by atomic mass is 10.0. The maximum Gasteiger partial charge on any atom is 0.139 e. The predicted octanol–water partition coefficient (Wildman–Crippen LogP) is 5.33. The first kappa shape index (κ1) is 17.3. The van der Waals surface area contributed by atoms with Gasteiger partial charge in [0.2, 0.25) is 0 Å². The topological polar surface area (TPSA) is 48.4 Å². The molecule has 4 nitrogen and oxygen atoms in total. The van der Waals surface area contributed by atoms with Gasteiger partial charge in [0, 0.05) is 36.4 Å². The summed E-state index contributed by atoms with van der Waals surface area (Å²) in [6, 6.07) is 13.6. The van der Waals surface area contributed by atoms with E-state index in [4.69, 9.17) is 23.2 Å². The van der Waals surface area contributed by atoms with Gasteiger partial charge in [-0.2, -0.15) is 0 Å². The van der Waals surface area contributed by atoms with Crippen molar-refractivity contribution in [2.75, 3.05) is 23.3 Å². The van der Waals surface area contributed by atoms with Gasteiger partial charge in [0.25, 0.3) is 0 Å². The standard InChI is InChI=1S/C20H19Cl2N3O/c21-16-4-3-15(11-17(16)22)24-14-5-8-25(9-6-14)19-12-18-13(10-20(19)26)2-1-7-23-18/h1-4,7,10-12,14,24,26H,5-6,8-9H2. The van der Waals surface area contributed by atoms with Crippen LogP contribution in [0.25, 0.3) is 10.9 Å². The van der Waals surface area contributed by atoms with Gasteiger partial charge in [0.15, 0.2) is 0 Å². The minimum atomic E-state index is 0.307. The molecule has 1 saturated heterocycles. The fraction of sp³-hybridized carbons (Fsp3) is 0.250. The zero-order valence-electron chi connectivity index (χ0n) is 14.1. The van der Waals surface area contributed by atoms with Gasteiger partial charge < -0.3 is 15.3 Å². The van der Waals surface area contributed by atoms with Crippen molar-refractivity contribution in [2.24, 2.45) is 0 Å². The molecule has 1 fully saturated rings. The number of pyridine rings is 1. The first-order chi connectivity index (χ1) is 12.6. The maximum absolute atomic E-state index is 10.4. The van der Waals surface area contributed by atoms with Crippen molar-refractivity contribution in [1.29, 1.82) is 0 Å². The van der Waals surface area contributed by atoms with E-state index in [1.807, 2.05) is 36.4 Å². The lowest BCUT2D eigenvalue weighted by Gasteiger charge is -2.34. The number of rotatable bonds is 3. The molecular formula is C20H19Cl2N3O. The van der Waals surface area contributed by atoms with Crippen molar-refractivity contribution in [3.8, 4) is 5.75 Å². The third-order valence-electron chi connectivity index (χ3n) is 4.83. The molecule has 0 amide bonds. The Balaban J connectivity index is 1.45. The monoisotopic (exact) mass is 387 g/mol. The van der Waals surface area contributed by atoms with Crippen molar-refractivity contribution in [3.05, 3.63) is 58.7 Å². The number of piperidine rings is 1. The van der Waals surface area contributed by atoms with E-state index in [1.165, 1.54) is 0 Å². The molecular weight excluding hydrogens is 369 g/mol. The molecule has 1 aliphatic rings. The fourth-order valence-electron chi connectivity index (χ4n) is 3.44. The second-order valence-corrected chi connectivity index (χ2v) is 7.39. The van der Waals surface area contributed by atoms with Crippen molar-refractivity contribution in [3.63, 3.8) is 0 Å². The highest BCUT2D eigenvalue weighted by Gasteiger charge is 2.21. The molecule has 3 aromatic rings. The van der Waals surface area contributed by atoms with Crippen LogP contribution in [0.1, 0.15) is 12.8 Å². The summed E-state index contributed by atoms with van der Waals surface area (Å²) in [5, 5.41) is 16.0. The van der Waals surface area contributed by atoms with Crippen LogP contribution in [0.15, 0.2) is 48.7 Å². The van der Waals surface area contributed by atoms with E-state index in [2.05, 4.69) is 15.2 Å². The lowest BCUT2D eigenvalue weighted by Crippen LogP contribution is -2.39. The van der Waals surface area contributed by atoms with Crippen LogP contribution in [-0.2, 0) is 0 Å². The van der Waals surface area contributed by atoms with E-state index in [0.717, 1.165) is 48.2 Å². The minimum absolute atomic E-state index is 0.307. The van der Waals surface area contributed by atoms with E-state index >= 15 is 0 Å². The highest BCUT2D eigenvalue weighted by Crippen LogP contribution is 2.34. The number of fused-ring (bicyclic) bond motifs is 1. The average Bonchev–Trinajstić information content (AvgIpc) is 2.65. The summed E-state index contributed by atoms with van der Waals surface area (Å²) in [5.74, 6) is 0.307. The zero-order valence-corrected chi connectivity index (χ0v) is 15.6. The molecule has 2 N–H and O–H groups in total. The average molecular weight is 388 g/mol. The summed E-state index contributed by atoms with van der Waals surface area (Å²) in [4.78, 5) is 6.61. The minimum Gasteiger partial charge on any atom is -0.506 e. The third kappa shape index (κ3) is 3.53. The summed E-state index contributed by atoms with van der Waals surface area (Å²) in [7, 11) is 0. The van der Waals surface area contributed by atoms with Gasteiger partial charge in [0.05, 0.1) is 21.2 Å². The second kappa shape index (κ2) is 7.22. The van der Waals surface area contributed by atoms with E-state index in [9.17, 15) is 5.11 Å². The molecule has 26 heavy (non-hydrogen) atoms. The highest BCUT2D eigenvalue weighted by molar-refractivity contribution is 6.42. The molecule has 1 aliphatic heterocycles. The molecule has 0 saturated carbocycles. The van der Waals surface area contributed by atoms with Crippen molar-refractivity contribution < 1.29 is 5.11 Å². The van der Waals surface area contributed by atoms with Crippen LogP contribution >= 0.6 is 23.2 Å². The molecule has 6 heteroatoms. The van der Waals surface area contributed by atoms with Crippen LogP contribution in [0.2, 0.25) is 10.0 Å². The van der Waals surface area contributed by atoms with Gasteiger partial charge in [-0.05, 0) is 49.2 Å². The van der Waals surface area contributed by atoms with E-state index in [1.54, 1.807) is 12.3 Å². The highest BCUT2D eigenvalue weighted by atomic mass is 35.5. The smallest absolute Gasteiger partial charge is 0.139 e. The molecule has 4 rings (SSSR count). The number of nitrogens with one attached hydrogen (secondary N) is 1. The number of nitrogens with zero attached hydrogens (tertiary/aromatic N) is 2. The van der Waals surface area contributed by atoms with Gasteiger partial charge in [-0.25, -0.2) is 0 Å². The largest absolute Gasteiger partial charge is 0.506 e. The first-order valence-electron chi connectivity index (χ1n) is 8.64. The summed E-state index contributed by atoms with van der Waals surface area (Å²) in [6.45, 7) is 1.73. The van der Waals surface area contributed by atoms with Gasteiger partial charge in [0.1, 0.15) is 5.75 Å². The van der Waals surface area contributed by atoms with Gasteiger partial charge >= 0.3 is 0 Å². The van der Waals surface area contributed by atoms with Gasteiger partial charge in [-0.1, -0.05) is 29.3 Å². The van der Waals surface area contributed by atoms with Crippen LogP contribution in [0, 0.1) is 0 Å². The fourth-order valence-corrected chi connectivity index (χ4v) is 3.74. The van der Waals surface area contributed by atoms with Crippen LogP contribution < -0.4 is 10.2 Å². The first-order valence-corrected chi connectivity index (χ1v) is 9.40. The Bertz CT molecular complexity index is 939. The number of aromatic nitrogens is 1. The molecule has 0 aliphatic carbocycles. The maximum atomic E-state index is 10.4. The Morgan fingerprint density at radius 3 is 2.62 bits per heavy atom. The number of hydrogen-bond donors (Lipinski definition) is 2. The summed E-state index contributed by atoms with van der Waals surface area (Å²) in [6.07, 6.45) is 3.72. The molecule has 1 aromatic heterocycles. The quantitative estimate of drug-likeness (QED) is 0.637. The van der Waals surface area contributed by atoms with E-state index < -0.39 is 0 Å². The number of benzene rings is 2. The van der Waals surface area contributed by atoms with Gasteiger partial charge in [-0.3, -0.25) is 4.98 Å². The Morgan fingerprint density at radius 1 is 1.04 bits per heavy atom. The number of phenols is 1. The Hall–Kier alpha value is -2.17. The predicted molar refractivity (Wildman–Crippen MR) is 109 cm³/mol. The second-order valence-electron chi connectivity index (χ2n) is 6.57. The number of halogens is 2. The lowest BCUT2D eigenvalue weighted by molar-refractivity contribution is 0.466. The molecule has 134 valence electrons. The van der Waals surface area contributed by atoms with E-state index in [0.29, 0.717) is 21.8 Å². The number of anilines is 2. The van der Waals surface area contributed by atoms with Crippen LogP contribution in [0.3, 0.4) is 0 Å². The van der Waals surface area contributed by atoms with Crippen LogP contribution in [-0.4, -0.2) is 29.2 Å². The van der Waals surface area contributed by atoms with Crippen molar-refractivity contribution >= 4 is 45.5 Å². The molecule has 0 spiro atoms. The molecule has 2 aromatic carbocycles. The van der Waals surface area contributed by atoms with Crippen molar-refractivity contribution in [2.45, 2.75) is 18.9 Å². The Morgan fingerprint density at radius 2 is 1.85 bits per heavy atom. The Labute approximate surface area is 162 Å². The van der Waals surface area contributed by atoms with Crippen LogP contribution in [0.4, 0.5) is 11.4 Å². The Kier molecular flexibility index (Phi) is 4.79. The van der Waals surface area contributed by atoms with Crippen molar-refractivity contribution in [1.82, 2.24) is 4.98 Å². The van der Waals surface area contributed by atoms with Crippen LogP contribution in [0.5, 0.6) is 5.75 Å². The number of phenolic OH excluding ortho intramolecular Hbond substituents is 1. The summed E-state index contributed by atoms with van der Waals surface area (Å²) < 4.78 is 0. The number of aromatic hydroxyl groups is 1. The summed E-state index contributed by atoms with van der Waals surface area (Å²) in [5.41, 5.74) is 2.73. The normalized spacial score (nSPS) is 15.4. The molecule has 0 atom stereocenters. The zero-order chi connectivity index (χ0) is 18.1. The number of hydrogen-bond acceptors (Lipinski definition) is 4. The molecule has 0 bridgehead atoms. The van der Waals surface area contributed by atoms with E-state index in [-0.39, 0.29) is 0 Å². The molecule has 2 heterocycles. The van der Waals surface area contributed by atoms with Gasteiger partial charge in [-0.15, -0.1) is 0 Å². The molecule has 0 radical (unpaired) electrons.